The predicted molar refractivity (Wildman–Crippen MR) is 60.9 cm³/mol. The molecule has 0 amide bonds. The molecule has 7 N–H and O–H groups in total. The molecule has 0 bridgehead atoms. The van der Waals surface area contributed by atoms with Crippen LogP contribution in [0.4, 0.5) is 11.8 Å². The van der Waals surface area contributed by atoms with Crippen LogP contribution in [0.2, 0.25) is 0 Å². The van der Waals surface area contributed by atoms with E-state index in [1.165, 1.54) is 0 Å². The average molecular weight is 232 g/mol. The summed E-state index contributed by atoms with van der Waals surface area (Å²) in [5.74, 6) is 0.777. The van der Waals surface area contributed by atoms with Gasteiger partial charge in [0.25, 0.3) is 5.56 Å². The van der Waals surface area contributed by atoms with Gasteiger partial charge in [-0.05, 0) is 0 Å². The Hall–Kier alpha value is -2.84. The molecule has 3 aromatic heterocycles. The lowest BCUT2D eigenvalue weighted by molar-refractivity contribution is 1.09. The number of fused-ring (bicyclic) bond motifs is 1. The topological polar surface area (TPSA) is 155 Å². The van der Waals surface area contributed by atoms with Crippen LogP contribution in [0.3, 0.4) is 0 Å². The predicted octanol–water partition coefficient (Wildman–Crippen LogP) is -0.799. The fraction of sp³-hybridized carbons (Fsp3) is 0. The maximum atomic E-state index is 11.6. The molecule has 0 fully saturated rings. The number of nitrogens with one attached hydrogen (secondary N) is 3. The Morgan fingerprint density at radius 3 is 2.71 bits per heavy atom. The zero-order valence-electron chi connectivity index (χ0n) is 8.48. The van der Waals surface area contributed by atoms with E-state index < -0.39 is 0 Å². The number of nitrogen functional groups attached to an aromatic ring is 2. The monoisotopic (exact) mass is 232 g/mol. The van der Waals surface area contributed by atoms with Gasteiger partial charge in [-0.25, -0.2) is 4.98 Å². The highest BCUT2D eigenvalue weighted by Crippen LogP contribution is 2.16. The Morgan fingerprint density at radius 2 is 2.00 bits per heavy atom. The van der Waals surface area contributed by atoms with Crippen LogP contribution >= 0.6 is 0 Å². The number of hydrogen-bond acceptors (Lipinski definition) is 6. The Kier molecular flexibility index (Phi) is 1.70. The first-order valence-corrected chi connectivity index (χ1v) is 4.70. The molecule has 3 aromatic rings. The second kappa shape index (κ2) is 3.07. The lowest BCUT2D eigenvalue weighted by atomic mass is 10.4. The summed E-state index contributed by atoms with van der Waals surface area (Å²) in [6.07, 6.45) is 0. The summed E-state index contributed by atoms with van der Waals surface area (Å²) in [7, 11) is 0. The fourth-order valence-corrected chi connectivity index (χ4v) is 1.51. The van der Waals surface area contributed by atoms with Gasteiger partial charge in [-0.1, -0.05) is 0 Å². The van der Waals surface area contributed by atoms with Crippen molar-refractivity contribution in [2.45, 2.75) is 0 Å². The summed E-state index contributed by atoms with van der Waals surface area (Å²) in [6, 6.07) is 1.59. The van der Waals surface area contributed by atoms with Gasteiger partial charge in [0.15, 0.2) is 17.0 Å². The molecule has 3 rings (SSSR count). The number of nitrogens with two attached hydrogens (primary N) is 2. The van der Waals surface area contributed by atoms with Crippen LogP contribution in [0.25, 0.3) is 22.7 Å². The molecule has 0 aromatic carbocycles. The zero-order valence-corrected chi connectivity index (χ0v) is 8.48. The molecule has 0 saturated heterocycles. The maximum absolute atomic E-state index is 11.6. The molecule has 3 heterocycles. The quantitative estimate of drug-likeness (QED) is 0.370. The van der Waals surface area contributed by atoms with Gasteiger partial charge in [0, 0.05) is 6.07 Å². The third-order valence-corrected chi connectivity index (χ3v) is 2.23. The number of rotatable bonds is 1. The highest BCUT2D eigenvalue weighted by Gasteiger charge is 2.11. The molecule has 0 aliphatic heterocycles. The lowest BCUT2D eigenvalue weighted by Crippen LogP contribution is -2.10. The van der Waals surface area contributed by atoms with Crippen molar-refractivity contribution in [1.29, 1.82) is 0 Å². The average Bonchev–Trinajstić information content (AvgIpc) is 2.83. The zero-order chi connectivity index (χ0) is 12.0. The maximum Gasteiger partial charge on any atom is 0.278 e. The van der Waals surface area contributed by atoms with E-state index in [2.05, 4.69) is 30.1 Å². The number of imidazole rings is 1. The molecular formula is C8H8N8O. The number of nitrogens with zero attached hydrogens (tertiary/aromatic N) is 3. The van der Waals surface area contributed by atoms with Gasteiger partial charge < -0.3 is 16.5 Å². The molecule has 0 radical (unpaired) electrons. The van der Waals surface area contributed by atoms with E-state index in [1.54, 1.807) is 6.07 Å². The summed E-state index contributed by atoms with van der Waals surface area (Å²) in [4.78, 5) is 24.8. The molecular weight excluding hydrogens is 224 g/mol. The Bertz CT molecular complexity index is 750. The van der Waals surface area contributed by atoms with Gasteiger partial charge >= 0.3 is 0 Å². The second-order valence-corrected chi connectivity index (χ2v) is 3.44. The van der Waals surface area contributed by atoms with Crippen LogP contribution in [0.1, 0.15) is 0 Å². The van der Waals surface area contributed by atoms with Crippen molar-refractivity contribution < 1.29 is 0 Å². The number of anilines is 2. The van der Waals surface area contributed by atoms with Crippen molar-refractivity contribution in [2.24, 2.45) is 0 Å². The fourth-order valence-electron chi connectivity index (χ4n) is 1.51. The SMILES string of the molecule is Nc1cc(-c2nc3nc(N)[nH]c(=O)c3[nH]2)[nH]n1. The summed E-state index contributed by atoms with van der Waals surface area (Å²) in [5.41, 5.74) is 11.6. The molecule has 0 aliphatic rings. The molecule has 9 nitrogen and oxygen atoms in total. The number of aromatic nitrogens is 6. The van der Waals surface area contributed by atoms with Gasteiger partial charge in [-0.2, -0.15) is 10.1 Å². The lowest BCUT2D eigenvalue weighted by Gasteiger charge is -1.89. The minimum atomic E-state index is -0.376. The van der Waals surface area contributed by atoms with Gasteiger partial charge in [0.2, 0.25) is 5.95 Å². The van der Waals surface area contributed by atoms with Gasteiger partial charge in [-0.15, -0.1) is 0 Å². The van der Waals surface area contributed by atoms with Crippen molar-refractivity contribution in [3.63, 3.8) is 0 Å². The van der Waals surface area contributed by atoms with Crippen LogP contribution < -0.4 is 17.0 Å². The highest BCUT2D eigenvalue weighted by molar-refractivity contribution is 5.75. The van der Waals surface area contributed by atoms with E-state index in [0.29, 0.717) is 17.3 Å². The van der Waals surface area contributed by atoms with Crippen molar-refractivity contribution in [2.75, 3.05) is 11.5 Å². The highest BCUT2D eigenvalue weighted by atomic mass is 16.1. The van der Waals surface area contributed by atoms with Crippen LogP contribution in [-0.2, 0) is 0 Å². The summed E-state index contributed by atoms with van der Waals surface area (Å²) in [6.45, 7) is 0. The Labute approximate surface area is 93.3 Å². The summed E-state index contributed by atoms with van der Waals surface area (Å²) >= 11 is 0. The van der Waals surface area contributed by atoms with Gasteiger partial charge in [-0.3, -0.25) is 14.9 Å². The van der Waals surface area contributed by atoms with E-state index in [4.69, 9.17) is 11.5 Å². The molecule has 17 heavy (non-hydrogen) atoms. The van der Waals surface area contributed by atoms with Crippen molar-refractivity contribution in [1.82, 2.24) is 30.1 Å². The molecule has 9 heteroatoms. The number of hydrogen-bond donors (Lipinski definition) is 5. The first kappa shape index (κ1) is 9.39. The van der Waals surface area contributed by atoms with Crippen LogP contribution in [0, 0.1) is 0 Å². The summed E-state index contributed by atoms with van der Waals surface area (Å²) < 4.78 is 0. The Morgan fingerprint density at radius 1 is 1.18 bits per heavy atom. The van der Waals surface area contributed by atoms with Crippen LogP contribution in [0.15, 0.2) is 10.9 Å². The van der Waals surface area contributed by atoms with E-state index in [9.17, 15) is 4.79 Å². The largest absolute Gasteiger partial charge is 0.382 e. The van der Waals surface area contributed by atoms with Gasteiger partial charge in [0.05, 0.1) is 0 Å². The van der Waals surface area contributed by atoms with Crippen molar-refractivity contribution in [3.05, 3.63) is 16.4 Å². The van der Waals surface area contributed by atoms with Crippen molar-refractivity contribution >= 4 is 22.9 Å². The standard InChI is InChI=1S/C8H8N8O/c9-3-1-2(15-16-3)5-11-4-6(12-5)13-8(10)14-7(4)17/h1H,(H3,9,15,16)(H4,10,11,12,13,14,17). The third-order valence-electron chi connectivity index (χ3n) is 2.23. The van der Waals surface area contributed by atoms with E-state index >= 15 is 0 Å². The molecule has 86 valence electrons. The van der Waals surface area contributed by atoms with Crippen LogP contribution in [0.5, 0.6) is 0 Å². The minimum Gasteiger partial charge on any atom is -0.382 e. The molecule has 0 unspecified atom stereocenters. The third kappa shape index (κ3) is 1.40. The smallest absolute Gasteiger partial charge is 0.278 e. The van der Waals surface area contributed by atoms with Gasteiger partial charge in [0.1, 0.15) is 11.5 Å². The molecule has 0 atom stereocenters. The molecule has 0 spiro atoms. The van der Waals surface area contributed by atoms with E-state index in [1.807, 2.05) is 0 Å². The molecule has 0 saturated carbocycles. The first-order chi connectivity index (χ1) is 8.13. The minimum absolute atomic E-state index is 0.0182. The summed E-state index contributed by atoms with van der Waals surface area (Å²) in [5, 5.41) is 6.44. The normalized spacial score (nSPS) is 11.1. The van der Waals surface area contributed by atoms with Crippen molar-refractivity contribution in [3.8, 4) is 11.5 Å². The van der Waals surface area contributed by atoms with Crippen LogP contribution in [-0.4, -0.2) is 30.1 Å². The Balaban J connectivity index is 2.27. The number of aromatic amines is 3. The second-order valence-electron chi connectivity index (χ2n) is 3.44. The van der Waals surface area contributed by atoms with E-state index in [0.717, 1.165) is 0 Å². The number of H-pyrrole nitrogens is 3. The van der Waals surface area contributed by atoms with E-state index in [-0.39, 0.29) is 22.7 Å². The molecule has 0 aliphatic carbocycles. The first-order valence-electron chi connectivity index (χ1n) is 4.70.